The zero-order valence-corrected chi connectivity index (χ0v) is 14.3. The molecule has 5 heteroatoms. The smallest absolute Gasteiger partial charge is 0.241 e. The number of nitrogens with two attached hydrogens (primary N) is 1. The second-order valence-electron chi connectivity index (χ2n) is 8.05. The fraction of sp³-hybridized carbons (Fsp3) is 0.632. The van der Waals surface area contributed by atoms with E-state index in [1.807, 2.05) is 38.1 Å². The Morgan fingerprint density at radius 1 is 1.38 bits per heavy atom. The van der Waals surface area contributed by atoms with Gasteiger partial charge in [-0.3, -0.25) is 4.79 Å². The number of aliphatic hydroxyl groups is 1. The molecule has 0 radical (unpaired) electrons. The number of carbonyl (C=O) groups is 1. The first-order valence-corrected chi connectivity index (χ1v) is 8.84. The number of benzene rings is 1. The summed E-state index contributed by atoms with van der Waals surface area (Å²) in [4.78, 5) is 13.1. The van der Waals surface area contributed by atoms with E-state index in [-0.39, 0.29) is 24.0 Å². The monoisotopic (exact) mass is 330 g/mol. The number of hydrogen-bond donors (Lipinski definition) is 3. The Hall–Kier alpha value is -1.43. The Morgan fingerprint density at radius 3 is 2.92 bits per heavy atom. The average molecular weight is 330 g/mol. The van der Waals surface area contributed by atoms with Gasteiger partial charge in [0.2, 0.25) is 5.91 Å². The summed E-state index contributed by atoms with van der Waals surface area (Å²) < 4.78 is 5.88. The normalized spacial score (nSPS) is 39.5. The number of amides is 1. The highest BCUT2D eigenvalue weighted by molar-refractivity contribution is 5.90. The molecule has 4 N–H and O–H groups in total. The molecule has 4 rings (SSSR count). The molecule has 0 aromatic heterocycles. The van der Waals surface area contributed by atoms with Gasteiger partial charge in [-0.1, -0.05) is 38.1 Å². The van der Waals surface area contributed by atoms with E-state index in [1.165, 1.54) is 0 Å². The minimum atomic E-state index is -0.949. The zero-order chi connectivity index (χ0) is 17.1. The molecule has 1 saturated heterocycles. The largest absolute Gasteiger partial charge is 0.390 e. The Balaban J connectivity index is 1.58. The van der Waals surface area contributed by atoms with Crippen molar-refractivity contribution in [1.82, 2.24) is 5.32 Å². The van der Waals surface area contributed by atoms with Crippen molar-refractivity contribution in [3.8, 4) is 0 Å². The van der Waals surface area contributed by atoms with Gasteiger partial charge in [-0.2, -0.15) is 0 Å². The maximum atomic E-state index is 13.1. The van der Waals surface area contributed by atoms with Gasteiger partial charge in [0.25, 0.3) is 0 Å². The van der Waals surface area contributed by atoms with Gasteiger partial charge >= 0.3 is 0 Å². The quantitative estimate of drug-likeness (QED) is 0.763. The van der Waals surface area contributed by atoms with Crippen LogP contribution in [0.15, 0.2) is 24.3 Å². The second-order valence-corrected chi connectivity index (χ2v) is 8.05. The lowest BCUT2D eigenvalue weighted by atomic mass is 9.46. The van der Waals surface area contributed by atoms with Crippen LogP contribution in [0.3, 0.4) is 0 Å². The number of nitrogens with one attached hydrogen (secondary N) is 1. The predicted octanol–water partition coefficient (Wildman–Crippen LogP) is 1.29. The molecule has 1 saturated carbocycles. The van der Waals surface area contributed by atoms with Crippen LogP contribution in [-0.2, 0) is 16.0 Å². The van der Waals surface area contributed by atoms with Gasteiger partial charge in [-0.25, -0.2) is 0 Å². The van der Waals surface area contributed by atoms with Crippen molar-refractivity contribution >= 4 is 5.91 Å². The fourth-order valence-electron chi connectivity index (χ4n) is 5.05. The van der Waals surface area contributed by atoms with Crippen molar-refractivity contribution in [3.63, 3.8) is 0 Å². The van der Waals surface area contributed by atoms with Crippen LogP contribution in [0.2, 0.25) is 0 Å². The van der Waals surface area contributed by atoms with E-state index in [4.69, 9.17) is 10.5 Å². The van der Waals surface area contributed by atoms with E-state index in [1.54, 1.807) is 0 Å². The topological polar surface area (TPSA) is 84.6 Å². The standard InChI is InChI=1S/C19H26N2O3/c1-18(2)16-13(8-5-9-24-16)19(18,20)17(23)21-15-12-7-4-3-6-11(12)10-14(15)22/h3-4,6-7,13-16,22H,5,8-10,20H2,1-2H3,(H,21,23)/t13?,14-,15+,16?,19?/m1/s1. The molecular formula is C19H26N2O3. The molecule has 2 fully saturated rings. The molecular weight excluding hydrogens is 304 g/mol. The molecule has 5 nitrogen and oxygen atoms in total. The zero-order valence-electron chi connectivity index (χ0n) is 14.3. The summed E-state index contributed by atoms with van der Waals surface area (Å²) in [6, 6.07) is 7.49. The first-order chi connectivity index (χ1) is 11.4. The van der Waals surface area contributed by atoms with Crippen LogP contribution < -0.4 is 11.1 Å². The Labute approximate surface area is 142 Å². The maximum Gasteiger partial charge on any atom is 0.241 e. The number of rotatable bonds is 2. The molecule has 1 aromatic carbocycles. The van der Waals surface area contributed by atoms with Crippen LogP contribution >= 0.6 is 0 Å². The molecule has 1 heterocycles. The van der Waals surface area contributed by atoms with E-state index in [2.05, 4.69) is 5.32 Å². The van der Waals surface area contributed by atoms with Gasteiger partial charge in [-0.05, 0) is 24.0 Å². The highest BCUT2D eigenvalue weighted by atomic mass is 16.5. The van der Waals surface area contributed by atoms with Gasteiger partial charge in [0, 0.05) is 24.4 Å². The minimum absolute atomic E-state index is 0.0442. The van der Waals surface area contributed by atoms with Crippen LogP contribution in [0.5, 0.6) is 0 Å². The van der Waals surface area contributed by atoms with Gasteiger partial charge in [0.15, 0.2) is 0 Å². The lowest BCUT2D eigenvalue weighted by molar-refractivity contribution is -0.225. The summed E-state index contributed by atoms with van der Waals surface area (Å²) in [5.41, 5.74) is 7.37. The SMILES string of the molecule is CC1(C)C2OCCCC2C1(N)C(=O)N[C@H]1c2ccccc2C[C@H]1O. The molecule has 3 unspecified atom stereocenters. The van der Waals surface area contributed by atoms with Gasteiger partial charge < -0.3 is 20.9 Å². The Kier molecular flexibility index (Phi) is 3.53. The first kappa shape index (κ1) is 16.1. The third-order valence-corrected chi connectivity index (χ3v) is 6.55. The fourth-order valence-corrected chi connectivity index (χ4v) is 5.05. The van der Waals surface area contributed by atoms with E-state index in [9.17, 15) is 9.90 Å². The molecule has 5 atom stereocenters. The third kappa shape index (κ3) is 1.95. The Bertz CT molecular complexity index is 674. The maximum absolute atomic E-state index is 13.1. The predicted molar refractivity (Wildman–Crippen MR) is 90.2 cm³/mol. The van der Waals surface area contributed by atoms with Crippen LogP contribution in [0.4, 0.5) is 0 Å². The third-order valence-electron chi connectivity index (χ3n) is 6.55. The lowest BCUT2D eigenvalue weighted by Crippen LogP contribution is -2.82. The summed E-state index contributed by atoms with van der Waals surface area (Å²) in [6.07, 6.45) is 1.87. The minimum Gasteiger partial charge on any atom is -0.390 e. The van der Waals surface area contributed by atoms with E-state index in [0.29, 0.717) is 6.42 Å². The van der Waals surface area contributed by atoms with Crippen molar-refractivity contribution in [2.24, 2.45) is 17.1 Å². The first-order valence-electron chi connectivity index (χ1n) is 8.84. The molecule has 3 aliphatic rings. The van der Waals surface area contributed by atoms with Crippen LogP contribution in [0.25, 0.3) is 0 Å². The summed E-state index contributed by atoms with van der Waals surface area (Å²) in [5, 5.41) is 13.4. The molecule has 1 amide bonds. The van der Waals surface area contributed by atoms with Crippen molar-refractivity contribution in [3.05, 3.63) is 35.4 Å². The molecule has 0 spiro atoms. The Morgan fingerprint density at radius 2 is 2.12 bits per heavy atom. The highest BCUT2D eigenvalue weighted by Gasteiger charge is 2.70. The number of hydrogen-bond acceptors (Lipinski definition) is 4. The van der Waals surface area contributed by atoms with Gasteiger partial charge in [-0.15, -0.1) is 0 Å². The molecule has 24 heavy (non-hydrogen) atoms. The number of ether oxygens (including phenoxy) is 1. The number of aliphatic hydroxyl groups excluding tert-OH is 1. The average Bonchev–Trinajstić information content (AvgIpc) is 2.89. The number of fused-ring (bicyclic) bond motifs is 2. The summed E-state index contributed by atoms with van der Waals surface area (Å²) in [6.45, 7) is 4.77. The van der Waals surface area contributed by atoms with Crippen LogP contribution in [-0.4, -0.2) is 35.4 Å². The summed E-state index contributed by atoms with van der Waals surface area (Å²) >= 11 is 0. The molecule has 130 valence electrons. The van der Waals surface area contributed by atoms with Gasteiger partial charge in [0.1, 0.15) is 5.54 Å². The van der Waals surface area contributed by atoms with Crippen LogP contribution in [0.1, 0.15) is 43.9 Å². The van der Waals surface area contributed by atoms with Crippen molar-refractivity contribution in [2.75, 3.05) is 6.61 Å². The lowest BCUT2D eigenvalue weighted by Gasteiger charge is -2.65. The van der Waals surface area contributed by atoms with E-state index in [0.717, 1.165) is 30.6 Å². The van der Waals surface area contributed by atoms with Crippen molar-refractivity contribution < 1.29 is 14.6 Å². The molecule has 0 bridgehead atoms. The van der Waals surface area contributed by atoms with E-state index >= 15 is 0 Å². The molecule has 1 aromatic rings. The summed E-state index contributed by atoms with van der Waals surface area (Å²) in [7, 11) is 0. The van der Waals surface area contributed by atoms with Crippen LogP contribution in [0, 0.1) is 11.3 Å². The number of carbonyl (C=O) groups excluding carboxylic acids is 1. The van der Waals surface area contributed by atoms with Crippen molar-refractivity contribution in [1.29, 1.82) is 0 Å². The van der Waals surface area contributed by atoms with Crippen molar-refractivity contribution in [2.45, 2.75) is 56.9 Å². The molecule has 1 aliphatic heterocycles. The highest BCUT2D eigenvalue weighted by Crippen LogP contribution is 2.57. The summed E-state index contributed by atoms with van der Waals surface area (Å²) in [5.74, 6) is -0.116. The molecule has 2 aliphatic carbocycles. The van der Waals surface area contributed by atoms with E-state index < -0.39 is 17.1 Å². The van der Waals surface area contributed by atoms with Gasteiger partial charge in [0.05, 0.1) is 18.2 Å². The second kappa shape index (κ2) is 5.28.